The number of aromatic nitrogens is 1. The Bertz CT molecular complexity index is 223. The molecule has 5 N–H and O–H groups in total. The van der Waals surface area contributed by atoms with Gasteiger partial charge in [0.25, 0.3) is 0 Å². The van der Waals surface area contributed by atoms with Crippen LogP contribution in [0.15, 0.2) is 12.3 Å². The van der Waals surface area contributed by atoms with Gasteiger partial charge < -0.3 is 16.6 Å². The molecule has 9 heavy (non-hydrogen) atoms. The third-order valence-corrected chi connectivity index (χ3v) is 0.935. The second-order valence-electron chi connectivity index (χ2n) is 1.67. The van der Waals surface area contributed by atoms with Gasteiger partial charge in [0.2, 0.25) is 0 Å². The molecule has 48 valence electrons. The van der Waals surface area contributed by atoms with Gasteiger partial charge in [0, 0.05) is 6.07 Å². The van der Waals surface area contributed by atoms with Gasteiger partial charge in [0.1, 0.15) is 5.82 Å². The molecule has 0 saturated carbocycles. The number of nitrogens with zero attached hydrogens (tertiary/aromatic N) is 1. The van der Waals surface area contributed by atoms with Gasteiger partial charge in [-0.1, -0.05) is 0 Å². The van der Waals surface area contributed by atoms with Crippen LogP contribution < -0.4 is 11.5 Å². The largest absolute Gasteiger partial charge is 0.504 e. The monoisotopic (exact) mass is 125 g/mol. The second-order valence-corrected chi connectivity index (χ2v) is 1.67. The molecule has 0 aliphatic heterocycles. The molecule has 4 nitrogen and oxygen atoms in total. The molecule has 4 heteroatoms. The van der Waals surface area contributed by atoms with E-state index in [1.54, 1.807) is 0 Å². The molecular formula is C5H7N3O. The first-order valence-electron chi connectivity index (χ1n) is 2.40. The SMILES string of the molecule is Nc1cc(N)c(O)cn1. The molecule has 0 amide bonds. The summed E-state index contributed by atoms with van der Waals surface area (Å²) in [6.45, 7) is 0. The molecule has 0 saturated heterocycles. The van der Waals surface area contributed by atoms with Gasteiger partial charge in [0.15, 0.2) is 5.75 Å². The van der Waals surface area contributed by atoms with Crippen molar-refractivity contribution in [2.45, 2.75) is 0 Å². The number of rotatable bonds is 0. The van der Waals surface area contributed by atoms with E-state index in [1.165, 1.54) is 12.3 Å². The number of hydrogen-bond donors (Lipinski definition) is 3. The average Bonchev–Trinajstić information content (AvgIpc) is 1.80. The lowest BCUT2D eigenvalue weighted by Crippen LogP contribution is -1.92. The van der Waals surface area contributed by atoms with Crippen LogP contribution in [0.1, 0.15) is 0 Å². The lowest BCUT2D eigenvalue weighted by atomic mass is 10.4. The Morgan fingerprint density at radius 1 is 1.44 bits per heavy atom. The highest BCUT2D eigenvalue weighted by Crippen LogP contribution is 2.18. The zero-order chi connectivity index (χ0) is 6.85. The lowest BCUT2D eigenvalue weighted by Gasteiger charge is -1.96. The molecule has 1 heterocycles. The Labute approximate surface area is 52.1 Å². The van der Waals surface area contributed by atoms with E-state index in [9.17, 15) is 0 Å². The van der Waals surface area contributed by atoms with E-state index in [4.69, 9.17) is 16.6 Å². The molecule has 0 unspecified atom stereocenters. The molecule has 1 aromatic rings. The molecule has 0 bridgehead atoms. The van der Waals surface area contributed by atoms with Crippen LogP contribution in [0.2, 0.25) is 0 Å². The molecule has 0 atom stereocenters. The van der Waals surface area contributed by atoms with E-state index in [2.05, 4.69) is 4.98 Å². The van der Waals surface area contributed by atoms with Gasteiger partial charge in [-0.15, -0.1) is 0 Å². The van der Waals surface area contributed by atoms with E-state index >= 15 is 0 Å². The molecule has 0 aliphatic carbocycles. The van der Waals surface area contributed by atoms with Crippen LogP contribution in [-0.2, 0) is 0 Å². The Balaban J connectivity index is 3.17. The van der Waals surface area contributed by atoms with Gasteiger partial charge in [-0.25, -0.2) is 4.98 Å². The van der Waals surface area contributed by atoms with Crippen molar-refractivity contribution in [3.8, 4) is 5.75 Å². The van der Waals surface area contributed by atoms with Crippen LogP contribution in [0.3, 0.4) is 0 Å². The molecule has 1 aromatic heterocycles. The van der Waals surface area contributed by atoms with Gasteiger partial charge >= 0.3 is 0 Å². The zero-order valence-electron chi connectivity index (χ0n) is 4.70. The Kier molecular flexibility index (Phi) is 1.14. The molecule has 0 aliphatic rings. The fourth-order valence-corrected chi connectivity index (χ4v) is 0.481. The van der Waals surface area contributed by atoms with Crippen molar-refractivity contribution in [2.75, 3.05) is 11.5 Å². The van der Waals surface area contributed by atoms with Crippen LogP contribution in [0.25, 0.3) is 0 Å². The third kappa shape index (κ3) is 1.02. The van der Waals surface area contributed by atoms with Crippen molar-refractivity contribution in [2.24, 2.45) is 0 Å². The highest BCUT2D eigenvalue weighted by Gasteiger charge is 1.94. The maximum atomic E-state index is 8.80. The fourth-order valence-electron chi connectivity index (χ4n) is 0.481. The molecule has 0 spiro atoms. The van der Waals surface area contributed by atoms with E-state index < -0.39 is 0 Å². The number of hydrogen-bond acceptors (Lipinski definition) is 4. The molecule has 0 aromatic carbocycles. The van der Waals surface area contributed by atoms with Crippen LogP contribution in [-0.4, -0.2) is 10.1 Å². The summed E-state index contributed by atoms with van der Waals surface area (Å²) in [5, 5.41) is 8.80. The minimum atomic E-state index is -0.0378. The highest BCUT2D eigenvalue weighted by atomic mass is 16.3. The van der Waals surface area contributed by atoms with Gasteiger partial charge in [-0.2, -0.15) is 0 Å². The van der Waals surface area contributed by atoms with Gasteiger partial charge in [-0.05, 0) is 0 Å². The topological polar surface area (TPSA) is 85.2 Å². The lowest BCUT2D eigenvalue weighted by molar-refractivity contribution is 0.475. The molecular weight excluding hydrogens is 118 g/mol. The van der Waals surface area contributed by atoms with E-state index in [0.717, 1.165) is 0 Å². The summed E-state index contributed by atoms with van der Waals surface area (Å²) in [6, 6.07) is 1.40. The summed E-state index contributed by atoms with van der Waals surface area (Å²) in [4.78, 5) is 3.59. The Hall–Kier alpha value is -1.45. The number of nitrogens with two attached hydrogens (primary N) is 2. The van der Waals surface area contributed by atoms with E-state index in [0.29, 0.717) is 5.82 Å². The molecule has 1 rings (SSSR count). The summed E-state index contributed by atoms with van der Waals surface area (Å²) in [5.74, 6) is 0.273. The van der Waals surface area contributed by atoms with E-state index in [-0.39, 0.29) is 11.4 Å². The zero-order valence-corrected chi connectivity index (χ0v) is 4.70. The Morgan fingerprint density at radius 3 is 2.56 bits per heavy atom. The predicted molar refractivity (Wildman–Crippen MR) is 34.7 cm³/mol. The first kappa shape index (κ1) is 5.68. The standard InChI is InChI=1S/C5H7N3O/c6-3-1-5(7)8-2-4(3)9/h1-2,9H,(H4,6,7,8). The van der Waals surface area contributed by atoms with Crippen molar-refractivity contribution < 1.29 is 5.11 Å². The number of aromatic hydroxyl groups is 1. The smallest absolute Gasteiger partial charge is 0.157 e. The summed E-state index contributed by atoms with van der Waals surface area (Å²) in [5.41, 5.74) is 10.7. The van der Waals surface area contributed by atoms with Crippen LogP contribution in [0.4, 0.5) is 11.5 Å². The van der Waals surface area contributed by atoms with Crippen LogP contribution >= 0.6 is 0 Å². The predicted octanol–water partition coefficient (Wildman–Crippen LogP) is -0.0484. The molecule has 0 radical (unpaired) electrons. The number of pyridine rings is 1. The maximum absolute atomic E-state index is 8.80. The normalized spacial score (nSPS) is 9.33. The average molecular weight is 125 g/mol. The third-order valence-electron chi connectivity index (χ3n) is 0.935. The van der Waals surface area contributed by atoms with Crippen molar-refractivity contribution in [1.29, 1.82) is 0 Å². The first-order chi connectivity index (χ1) is 4.20. The van der Waals surface area contributed by atoms with Crippen molar-refractivity contribution in [3.05, 3.63) is 12.3 Å². The van der Waals surface area contributed by atoms with Gasteiger partial charge in [0.05, 0.1) is 11.9 Å². The Morgan fingerprint density at radius 2 is 2.11 bits per heavy atom. The van der Waals surface area contributed by atoms with Crippen molar-refractivity contribution >= 4 is 11.5 Å². The summed E-state index contributed by atoms with van der Waals surface area (Å²) in [7, 11) is 0. The second kappa shape index (κ2) is 1.81. The quantitative estimate of drug-likeness (QED) is 0.454. The van der Waals surface area contributed by atoms with Gasteiger partial charge in [-0.3, -0.25) is 0 Å². The van der Waals surface area contributed by atoms with Crippen molar-refractivity contribution in [1.82, 2.24) is 4.98 Å². The summed E-state index contributed by atoms with van der Waals surface area (Å²) >= 11 is 0. The van der Waals surface area contributed by atoms with Crippen molar-refractivity contribution in [3.63, 3.8) is 0 Å². The maximum Gasteiger partial charge on any atom is 0.157 e. The number of nitrogen functional groups attached to an aromatic ring is 2. The number of anilines is 2. The first-order valence-corrected chi connectivity index (χ1v) is 2.40. The minimum Gasteiger partial charge on any atom is -0.504 e. The fraction of sp³-hybridized carbons (Fsp3) is 0. The highest BCUT2D eigenvalue weighted by molar-refractivity contribution is 5.55. The van der Waals surface area contributed by atoms with Crippen LogP contribution in [0.5, 0.6) is 5.75 Å². The summed E-state index contributed by atoms with van der Waals surface area (Å²) < 4.78 is 0. The van der Waals surface area contributed by atoms with Crippen LogP contribution in [0, 0.1) is 0 Å². The van der Waals surface area contributed by atoms with E-state index in [1.807, 2.05) is 0 Å². The summed E-state index contributed by atoms with van der Waals surface area (Å²) in [6.07, 6.45) is 1.21. The molecule has 0 fully saturated rings. The minimum absolute atomic E-state index is 0.0378.